The molecule has 1 saturated carbocycles. The minimum Gasteiger partial charge on any atom is -0.387 e. The molecule has 1 fully saturated rings. The van der Waals surface area contributed by atoms with E-state index in [0.29, 0.717) is 28.1 Å². The van der Waals surface area contributed by atoms with Crippen molar-refractivity contribution in [2.24, 2.45) is 10.9 Å². The fourth-order valence-electron chi connectivity index (χ4n) is 5.65. The van der Waals surface area contributed by atoms with Crippen LogP contribution in [0.3, 0.4) is 0 Å². The second-order valence-electron chi connectivity index (χ2n) is 9.86. The van der Waals surface area contributed by atoms with Crippen molar-refractivity contribution >= 4 is 28.4 Å². The number of aliphatic hydroxyl groups excluding tert-OH is 1. The molecule has 3 aliphatic rings. The molecule has 2 aliphatic heterocycles. The van der Waals surface area contributed by atoms with Crippen molar-refractivity contribution in [3.8, 4) is 0 Å². The van der Waals surface area contributed by atoms with Gasteiger partial charge in [0.1, 0.15) is 5.82 Å². The van der Waals surface area contributed by atoms with Crippen LogP contribution in [0.4, 0.5) is 15.8 Å². The van der Waals surface area contributed by atoms with Gasteiger partial charge >= 0.3 is 0 Å². The molecule has 35 heavy (non-hydrogen) atoms. The van der Waals surface area contributed by atoms with Crippen LogP contribution < -0.4 is 4.90 Å². The number of halogens is 1. The molecule has 2 unspecified atom stereocenters. The summed E-state index contributed by atoms with van der Waals surface area (Å²) in [6.07, 6.45) is 0.902. The lowest BCUT2D eigenvalue weighted by molar-refractivity contribution is -0.127. The molecule has 0 aromatic heterocycles. The van der Waals surface area contributed by atoms with Crippen LogP contribution in [0.2, 0.25) is 0 Å². The molecular formula is C30H25FN2O2. The van der Waals surface area contributed by atoms with Crippen molar-refractivity contribution in [1.82, 2.24) is 0 Å². The Hall–Kier alpha value is -3.83. The lowest BCUT2D eigenvalue weighted by Gasteiger charge is -2.36. The molecule has 5 heteroatoms. The molecule has 0 bridgehead atoms. The summed E-state index contributed by atoms with van der Waals surface area (Å²) in [5, 5.41) is 11.3. The zero-order valence-corrected chi connectivity index (χ0v) is 19.8. The Morgan fingerprint density at radius 3 is 2.46 bits per heavy atom. The summed E-state index contributed by atoms with van der Waals surface area (Å²) < 4.78 is 14.2. The number of hydrogen-bond acceptors (Lipinski definition) is 4. The highest BCUT2D eigenvalue weighted by Gasteiger charge is 2.49. The van der Waals surface area contributed by atoms with Gasteiger partial charge in [0.2, 0.25) is 0 Å². The normalized spacial score (nSPS) is 25.4. The van der Waals surface area contributed by atoms with Crippen LogP contribution in [0.25, 0.3) is 5.57 Å². The number of carbonyl (C=O) groups is 1. The number of rotatable bonds is 2. The van der Waals surface area contributed by atoms with E-state index < -0.39 is 17.8 Å². The summed E-state index contributed by atoms with van der Waals surface area (Å²) in [5.74, 6) is -1.22. The second-order valence-corrected chi connectivity index (χ2v) is 9.86. The number of para-hydroxylation sites is 1. The van der Waals surface area contributed by atoms with Gasteiger partial charge < -0.3 is 10.0 Å². The van der Waals surface area contributed by atoms with Crippen LogP contribution in [-0.4, -0.2) is 29.8 Å². The molecule has 3 aromatic rings. The number of likely N-dealkylation sites (N-methyl/N-ethyl adjacent to an activating group) is 1. The minimum absolute atomic E-state index is 0.152. The van der Waals surface area contributed by atoms with Crippen molar-refractivity contribution in [2.75, 3.05) is 11.9 Å². The first kappa shape index (κ1) is 21.7. The van der Waals surface area contributed by atoms with E-state index in [4.69, 9.17) is 4.99 Å². The number of fused-ring (bicyclic) bond motifs is 2. The van der Waals surface area contributed by atoms with Crippen LogP contribution in [0.15, 0.2) is 95.1 Å². The van der Waals surface area contributed by atoms with Gasteiger partial charge in [0, 0.05) is 46.1 Å². The fraction of sp³-hybridized carbons (Fsp3) is 0.200. The van der Waals surface area contributed by atoms with Gasteiger partial charge in [-0.05, 0) is 29.8 Å². The molecule has 2 heterocycles. The van der Waals surface area contributed by atoms with E-state index in [1.54, 1.807) is 6.07 Å². The average molecular weight is 465 g/mol. The largest absolute Gasteiger partial charge is 0.387 e. The van der Waals surface area contributed by atoms with Crippen LogP contribution in [0.1, 0.15) is 30.5 Å². The lowest BCUT2D eigenvalue weighted by atomic mass is 9.69. The van der Waals surface area contributed by atoms with Crippen molar-refractivity contribution in [1.29, 1.82) is 0 Å². The Kier molecular flexibility index (Phi) is 4.70. The van der Waals surface area contributed by atoms with Crippen LogP contribution in [-0.2, 0) is 10.2 Å². The second kappa shape index (κ2) is 7.59. The van der Waals surface area contributed by atoms with Crippen LogP contribution in [0, 0.1) is 11.7 Å². The first-order chi connectivity index (χ1) is 16.8. The zero-order valence-electron chi connectivity index (χ0n) is 19.8. The molecule has 0 radical (unpaired) electrons. The van der Waals surface area contributed by atoms with Gasteiger partial charge in [0.05, 0.1) is 23.4 Å². The maximum absolute atomic E-state index is 14.2. The number of benzene rings is 3. The minimum atomic E-state index is -0.999. The molecular weight excluding hydrogens is 439 g/mol. The molecule has 0 spiro atoms. The third-order valence-electron chi connectivity index (χ3n) is 7.50. The van der Waals surface area contributed by atoms with Crippen molar-refractivity contribution < 1.29 is 14.3 Å². The Morgan fingerprint density at radius 2 is 1.74 bits per heavy atom. The van der Waals surface area contributed by atoms with Gasteiger partial charge in [-0.25, -0.2) is 9.38 Å². The maximum Gasteiger partial charge on any atom is 0.172 e. The summed E-state index contributed by atoms with van der Waals surface area (Å²) in [6, 6.07) is 22.1. The predicted molar refractivity (Wildman–Crippen MR) is 136 cm³/mol. The standard InChI is InChI=1S/C30H25FN2O2/c1-30(2)21-11-7-8-12-23(21)33(3)24(30)16-20-28(34)26(29(20)35)25-19-15-18(31)13-14-22(19)32-27(25)17-9-5-4-6-10-17/h4-16,20,28,34H,1-3H3. The van der Waals surface area contributed by atoms with E-state index in [9.17, 15) is 14.3 Å². The molecule has 1 aliphatic carbocycles. The zero-order chi connectivity index (χ0) is 24.5. The first-order valence-corrected chi connectivity index (χ1v) is 11.8. The van der Waals surface area contributed by atoms with E-state index >= 15 is 0 Å². The van der Waals surface area contributed by atoms with Gasteiger partial charge in [0.15, 0.2) is 5.78 Å². The van der Waals surface area contributed by atoms with E-state index in [2.05, 4.69) is 30.9 Å². The molecule has 174 valence electrons. The first-order valence-electron chi connectivity index (χ1n) is 11.8. The number of aliphatic imine (C=N–C) groups is 1. The number of hydrogen-bond donors (Lipinski definition) is 1. The van der Waals surface area contributed by atoms with E-state index in [-0.39, 0.29) is 11.2 Å². The van der Waals surface area contributed by atoms with E-state index in [1.807, 2.05) is 55.6 Å². The number of allylic oxidation sites excluding steroid dienone is 2. The summed E-state index contributed by atoms with van der Waals surface area (Å²) >= 11 is 0. The number of ketones is 1. The predicted octanol–water partition coefficient (Wildman–Crippen LogP) is 5.59. The lowest BCUT2D eigenvalue weighted by Crippen LogP contribution is -2.46. The summed E-state index contributed by atoms with van der Waals surface area (Å²) in [6.45, 7) is 4.26. The molecule has 6 rings (SSSR count). The van der Waals surface area contributed by atoms with Crippen molar-refractivity contribution in [3.05, 3.63) is 113 Å². The molecule has 0 saturated heterocycles. The molecule has 2 atom stereocenters. The Balaban J connectivity index is 1.44. The highest BCUT2D eigenvalue weighted by Crippen LogP contribution is 2.50. The maximum atomic E-state index is 14.2. The van der Waals surface area contributed by atoms with Crippen LogP contribution in [0.5, 0.6) is 0 Å². The topological polar surface area (TPSA) is 52.9 Å². The van der Waals surface area contributed by atoms with E-state index in [1.165, 1.54) is 17.7 Å². The molecule has 0 amide bonds. The summed E-state index contributed by atoms with van der Waals surface area (Å²) in [5.41, 5.74) is 6.35. The summed E-state index contributed by atoms with van der Waals surface area (Å²) in [4.78, 5) is 20.4. The number of anilines is 1. The molecule has 4 nitrogen and oxygen atoms in total. The monoisotopic (exact) mass is 464 g/mol. The molecule has 1 N–H and O–H groups in total. The number of nitrogens with zero attached hydrogens (tertiary/aromatic N) is 2. The highest BCUT2D eigenvalue weighted by molar-refractivity contribution is 6.40. The third-order valence-corrected chi connectivity index (χ3v) is 7.50. The number of carbonyl (C=O) groups excluding carboxylic acids is 1. The Labute approximate surface area is 203 Å². The van der Waals surface area contributed by atoms with Gasteiger partial charge in [0.25, 0.3) is 0 Å². The fourth-order valence-corrected chi connectivity index (χ4v) is 5.65. The van der Waals surface area contributed by atoms with Crippen LogP contribution >= 0.6 is 0 Å². The Bertz CT molecular complexity index is 1480. The Morgan fingerprint density at radius 1 is 1.03 bits per heavy atom. The molecule has 3 aromatic carbocycles. The smallest absolute Gasteiger partial charge is 0.172 e. The van der Waals surface area contributed by atoms with Crippen molar-refractivity contribution in [3.63, 3.8) is 0 Å². The average Bonchev–Trinajstić information content (AvgIpc) is 3.31. The van der Waals surface area contributed by atoms with Gasteiger partial charge in [-0.3, -0.25) is 4.79 Å². The third kappa shape index (κ3) is 3.08. The van der Waals surface area contributed by atoms with Crippen molar-refractivity contribution in [2.45, 2.75) is 25.4 Å². The number of Topliss-reactive ketones (excluding diaryl/α,β-unsaturated/α-hetero) is 1. The van der Waals surface area contributed by atoms with Gasteiger partial charge in [-0.2, -0.15) is 0 Å². The SMILES string of the molecule is CN1C(=CC2C(=O)C(=C3C(c4ccccc4)=Nc4ccc(F)cc43)C2O)C(C)(C)c2ccccc21. The summed E-state index contributed by atoms with van der Waals surface area (Å²) in [7, 11) is 1.99. The van der Waals surface area contributed by atoms with Gasteiger partial charge in [-0.15, -0.1) is 0 Å². The number of aliphatic hydroxyl groups is 1. The van der Waals surface area contributed by atoms with Gasteiger partial charge in [-0.1, -0.05) is 68.5 Å². The quantitative estimate of drug-likeness (QED) is 0.504. The van der Waals surface area contributed by atoms with E-state index in [0.717, 1.165) is 16.9 Å². The highest BCUT2D eigenvalue weighted by atomic mass is 19.1.